The molecule has 8 heteroatoms. The SMILES string of the molecule is Cc1cccn2cc(Cn3cc(Br)c([N+](=O)[O-])n3)nc12. The fourth-order valence-electron chi connectivity index (χ4n) is 2.04. The maximum Gasteiger partial charge on any atom is 0.404 e. The smallest absolute Gasteiger partial charge is 0.358 e. The Hall–Kier alpha value is -2.22. The zero-order valence-electron chi connectivity index (χ0n) is 10.5. The van der Waals surface area contributed by atoms with Crippen LogP contribution in [0.15, 0.2) is 35.2 Å². The first kappa shape index (κ1) is 12.8. The van der Waals surface area contributed by atoms with E-state index in [1.165, 1.54) is 4.68 Å². The van der Waals surface area contributed by atoms with Gasteiger partial charge >= 0.3 is 5.82 Å². The van der Waals surface area contributed by atoms with Crippen molar-refractivity contribution >= 4 is 27.4 Å². The topological polar surface area (TPSA) is 78.3 Å². The van der Waals surface area contributed by atoms with E-state index in [0.717, 1.165) is 16.9 Å². The molecular weight excluding hydrogens is 326 g/mol. The van der Waals surface area contributed by atoms with Gasteiger partial charge in [-0.25, -0.2) is 4.98 Å². The highest BCUT2D eigenvalue weighted by atomic mass is 79.9. The zero-order chi connectivity index (χ0) is 14.3. The Morgan fingerprint density at radius 3 is 2.90 bits per heavy atom. The molecule has 102 valence electrons. The molecule has 3 aromatic heterocycles. The fraction of sp³-hybridized carbons (Fsp3) is 0.167. The molecule has 0 N–H and O–H groups in total. The number of aryl methyl sites for hydroxylation is 1. The third-order valence-corrected chi connectivity index (χ3v) is 3.48. The first-order valence-corrected chi connectivity index (χ1v) is 6.64. The molecule has 20 heavy (non-hydrogen) atoms. The lowest BCUT2D eigenvalue weighted by Gasteiger charge is -1.94. The van der Waals surface area contributed by atoms with Gasteiger partial charge in [0.1, 0.15) is 16.7 Å². The second-order valence-electron chi connectivity index (χ2n) is 4.41. The van der Waals surface area contributed by atoms with E-state index < -0.39 is 4.92 Å². The number of halogens is 1. The summed E-state index contributed by atoms with van der Waals surface area (Å²) >= 11 is 3.13. The normalized spacial score (nSPS) is 11.1. The number of imidazole rings is 1. The highest BCUT2D eigenvalue weighted by Gasteiger charge is 2.19. The number of nitrogens with zero attached hydrogens (tertiary/aromatic N) is 5. The molecule has 0 amide bonds. The predicted molar refractivity (Wildman–Crippen MR) is 75.6 cm³/mol. The van der Waals surface area contributed by atoms with Crippen molar-refractivity contribution in [3.8, 4) is 0 Å². The highest BCUT2D eigenvalue weighted by Crippen LogP contribution is 2.22. The van der Waals surface area contributed by atoms with Gasteiger partial charge < -0.3 is 14.5 Å². The van der Waals surface area contributed by atoms with Gasteiger partial charge in [0.25, 0.3) is 0 Å². The first-order chi connectivity index (χ1) is 9.54. The second-order valence-corrected chi connectivity index (χ2v) is 5.26. The fourth-order valence-corrected chi connectivity index (χ4v) is 2.50. The van der Waals surface area contributed by atoms with Gasteiger partial charge in [-0.15, -0.1) is 0 Å². The maximum atomic E-state index is 10.8. The van der Waals surface area contributed by atoms with Crippen LogP contribution in [-0.2, 0) is 6.54 Å². The van der Waals surface area contributed by atoms with Crippen molar-refractivity contribution in [2.24, 2.45) is 0 Å². The monoisotopic (exact) mass is 335 g/mol. The van der Waals surface area contributed by atoms with Crippen LogP contribution in [0.25, 0.3) is 5.65 Å². The Bertz CT molecular complexity index is 807. The second kappa shape index (κ2) is 4.71. The third kappa shape index (κ3) is 2.18. The van der Waals surface area contributed by atoms with Crippen molar-refractivity contribution in [2.45, 2.75) is 13.5 Å². The van der Waals surface area contributed by atoms with E-state index >= 15 is 0 Å². The lowest BCUT2D eigenvalue weighted by Crippen LogP contribution is -2.01. The van der Waals surface area contributed by atoms with Gasteiger partial charge in [0.2, 0.25) is 0 Å². The Morgan fingerprint density at radius 1 is 1.45 bits per heavy atom. The molecule has 3 aromatic rings. The molecule has 3 rings (SSSR count). The quantitative estimate of drug-likeness (QED) is 0.544. The molecule has 0 atom stereocenters. The summed E-state index contributed by atoms with van der Waals surface area (Å²) in [6.45, 7) is 2.37. The van der Waals surface area contributed by atoms with Crippen molar-refractivity contribution in [1.82, 2.24) is 19.2 Å². The van der Waals surface area contributed by atoms with Gasteiger partial charge in [0.15, 0.2) is 0 Å². The Kier molecular flexibility index (Phi) is 3.01. The number of rotatable bonds is 3. The van der Waals surface area contributed by atoms with E-state index in [9.17, 15) is 10.1 Å². The van der Waals surface area contributed by atoms with Gasteiger partial charge in [-0.3, -0.25) is 0 Å². The summed E-state index contributed by atoms with van der Waals surface area (Å²) in [6, 6.07) is 3.94. The lowest BCUT2D eigenvalue weighted by atomic mass is 10.3. The molecule has 3 heterocycles. The molecule has 0 saturated carbocycles. The molecule has 0 unspecified atom stereocenters. The predicted octanol–water partition coefficient (Wildman–Crippen LogP) is 2.56. The average Bonchev–Trinajstić information content (AvgIpc) is 2.94. The maximum absolute atomic E-state index is 10.8. The molecule has 0 aliphatic carbocycles. The van der Waals surface area contributed by atoms with E-state index in [1.54, 1.807) is 6.20 Å². The number of aromatic nitrogens is 4. The van der Waals surface area contributed by atoms with Gasteiger partial charge in [0, 0.05) is 12.4 Å². The number of pyridine rings is 1. The summed E-state index contributed by atoms with van der Waals surface area (Å²) in [7, 11) is 0. The van der Waals surface area contributed by atoms with Crippen LogP contribution in [-0.4, -0.2) is 24.1 Å². The molecule has 7 nitrogen and oxygen atoms in total. The van der Waals surface area contributed by atoms with Crippen LogP contribution in [0, 0.1) is 17.0 Å². The molecule has 0 fully saturated rings. The minimum absolute atomic E-state index is 0.190. The number of hydrogen-bond donors (Lipinski definition) is 0. The molecular formula is C12H10BrN5O2. The average molecular weight is 336 g/mol. The minimum Gasteiger partial charge on any atom is -0.358 e. The van der Waals surface area contributed by atoms with Crippen LogP contribution in [0.2, 0.25) is 0 Å². The number of fused-ring (bicyclic) bond motifs is 1. The van der Waals surface area contributed by atoms with E-state index in [-0.39, 0.29) is 5.82 Å². The summed E-state index contributed by atoms with van der Waals surface area (Å²) in [4.78, 5) is 14.7. The zero-order valence-corrected chi connectivity index (χ0v) is 12.1. The Morgan fingerprint density at radius 2 is 2.25 bits per heavy atom. The molecule has 0 aliphatic rings. The van der Waals surface area contributed by atoms with Crippen molar-refractivity contribution < 1.29 is 4.92 Å². The van der Waals surface area contributed by atoms with Crippen LogP contribution in [0.1, 0.15) is 11.3 Å². The molecule has 0 saturated heterocycles. The van der Waals surface area contributed by atoms with E-state index in [0.29, 0.717) is 11.0 Å². The number of hydrogen-bond acceptors (Lipinski definition) is 4. The van der Waals surface area contributed by atoms with Crippen LogP contribution in [0.3, 0.4) is 0 Å². The molecule has 0 spiro atoms. The van der Waals surface area contributed by atoms with Crippen molar-refractivity contribution in [3.05, 3.63) is 56.6 Å². The summed E-state index contributed by atoms with van der Waals surface area (Å²) in [5.74, 6) is -0.190. The van der Waals surface area contributed by atoms with Crippen LogP contribution in [0.5, 0.6) is 0 Å². The standard InChI is InChI=1S/C12H10BrN5O2/c1-8-3-2-4-16-5-9(14-11(8)16)6-17-7-10(13)12(15-17)18(19)20/h2-5,7H,6H2,1H3. The van der Waals surface area contributed by atoms with Crippen LogP contribution >= 0.6 is 15.9 Å². The summed E-state index contributed by atoms with van der Waals surface area (Å²) in [5.41, 5.74) is 2.75. The van der Waals surface area contributed by atoms with Gasteiger partial charge in [-0.05, 0) is 39.4 Å². The van der Waals surface area contributed by atoms with E-state index in [1.807, 2.05) is 35.9 Å². The van der Waals surface area contributed by atoms with Crippen LogP contribution in [0.4, 0.5) is 5.82 Å². The van der Waals surface area contributed by atoms with Crippen molar-refractivity contribution in [1.29, 1.82) is 0 Å². The Labute approximate surface area is 122 Å². The van der Waals surface area contributed by atoms with E-state index in [4.69, 9.17) is 0 Å². The summed E-state index contributed by atoms with van der Waals surface area (Å²) in [5, 5.41) is 14.7. The van der Waals surface area contributed by atoms with E-state index in [2.05, 4.69) is 26.0 Å². The largest absolute Gasteiger partial charge is 0.404 e. The highest BCUT2D eigenvalue weighted by molar-refractivity contribution is 9.10. The van der Waals surface area contributed by atoms with Crippen LogP contribution < -0.4 is 0 Å². The first-order valence-electron chi connectivity index (χ1n) is 5.85. The van der Waals surface area contributed by atoms with Crippen molar-refractivity contribution in [2.75, 3.05) is 0 Å². The molecule has 0 aliphatic heterocycles. The van der Waals surface area contributed by atoms with Gasteiger partial charge in [0.05, 0.1) is 17.0 Å². The number of nitro groups is 1. The summed E-state index contributed by atoms with van der Waals surface area (Å²) in [6.07, 6.45) is 5.39. The van der Waals surface area contributed by atoms with Gasteiger partial charge in [-0.2, -0.15) is 4.68 Å². The minimum atomic E-state index is -0.519. The van der Waals surface area contributed by atoms with Crippen molar-refractivity contribution in [3.63, 3.8) is 0 Å². The lowest BCUT2D eigenvalue weighted by molar-refractivity contribution is -0.390. The molecule has 0 bridgehead atoms. The Balaban J connectivity index is 1.95. The molecule has 0 aromatic carbocycles. The molecule has 0 radical (unpaired) electrons. The summed E-state index contributed by atoms with van der Waals surface area (Å²) < 4.78 is 3.79. The van der Waals surface area contributed by atoms with Gasteiger partial charge in [-0.1, -0.05) is 6.07 Å². The third-order valence-electron chi connectivity index (χ3n) is 2.92.